The molecule has 1 unspecified atom stereocenters. The van der Waals surface area contributed by atoms with Gasteiger partial charge in [-0.3, -0.25) is 9.89 Å². The van der Waals surface area contributed by atoms with Crippen molar-refractivity contribution in [1.29, 1.82) is 0 Å². The Morgan fingerprint density at radius 3 is 2.52 bits per heavy atom. The molecule has 1 amide bonds. The van der Waals surface area contributed by atoms with E-state index >= 15 is 0 Å². The molecule has 1 aliphatic heterocycles. The van der Waals surface area contributed by atoms with Crippen molar-refractivity contribution in [2.45, 2.75) is 38.5 Å². The third-order valence-corrected chi connectivity index (χ3v) is 5.55. The third-order valence-electron chi connectivity index (χ3n) is 5.55. The Hall–Kier alpha value is -2.58. The number of nitrogens with one attached hydrogen (secondary N) is 1. The molecule has 1 aromatic carbocycles. The second-order valence-electron chi connectivity index (χ2n) is 7.31. The maximum atomic E-state index is 12.9. The standard InChI is InChI=1S/C18H19F3N4O2/c1-11-22-15(24-23-11)14-9-25(10-17(14)7-2-8-17)16(26)12-3-5-13(6-4-12)27-18(19,20)21/h3-6,14H,2,7-10H2,1H3,(H,22,23,24). The number of hydrogen-bond acceptors (Lipinski definition) is 4. The number of hydrogen-bond donors (Lipinski definition) is 1. The molecule has 2 aliphatic rings. The Labute approximate surface area is 153 Å². The summed E-state index contributed by atoms with van der Waals surface area (Å²) in [5.74, 6) is 1.01. The lowest BCUT2D eigenvalue weighted by molar-refractivity contribution is -0.274. The number of likely N-dealkylation sites (tertiary alicyclic amines) is 1. The van der Waals surface area contributed by atoms with Crippen LogP contribution in [0.5, 0.6) is 5.75 Å². The fourth-order valence-electron chi connectivity index (χ4n) is 4.11. The molecule has 1 atom stereocenters. The van der Waals surface area contributed by atoms with Crippen LogP contribution in [0.25, 0.3) is 0 Å². The number of amides is 1. The molecule has 1 aliphatic carbocycles. The molecule has 2 heterocycles. The van der Waals surface area contributed by atoms with E-state index in [0.29, 0.717) is 18.7 Å². The highest BCUT2D eigenvalue weighted by atomic mass is 19.4. The molecule has 4 rings (SSSR count). The third kappa shape index (κ3) is 3.38. The highest BCUT2D eigenvalue weighted by Gasteiger charge is 2.53. The Morgan fingerprint density at radius 2 is 2.00 bits per heavy atom. The number of aromatic nitrogens is 3. The SMILES string of the molecule is Cc1nc(C2CN(C(=O)c3ccc(OC(F)(F)F)cc3)CC23CCC3)n[nH]1. The van der Waals surface area contributed by atoms with Crippen LogP contribution in [-0.4, -0.2) is 45.4 Å². The van der Waals surface area contributed by atoms with Crippen LogP contribution < -0.4 is 4.74 Å². The number of ether oxygens (including phenoxy) is 1. The molecule has 27 heavy (non-hydrogen) atoms. The second-order valence-corrected chi connectivity index (χ2v) is 7.31. The van der Waals surface area contributed by atoms with Crippen LogP contribution in [0.1, 0.15) is 47.2 Å². The van der Waals surface area contributed by atoms with Crippen molar-refractivity contribution in [2.75, 3.05) is 13.1 Å². The molecule has 1 N–H and O–H groups in total. The molecular formula is C18H19F3N4O2. The first kappa shape index (κ1) is 17.8. The monoisotopic (exact) mass is 380 g/mol. The Balaban J connectivity index is 1.51. The fourth-order valence-corrected chi connectivity index (χ4v) is 4.11. The first-order valence-electron chi connectivity index (χ1n) is 8.80. The molecule has 0 radical (unpaired) electrons. The topological polar surface area (TPSA) is 71.1 Å². The van der Waals surface area contributed by atoms with E-state index in [1.165, 1.54) is 12.1 Å². The molecule has 1 saturated heterocycles. The molecule has 1 saturated carbocycles. The van der Waals surface area contributed by atoms with E-state index in [-0.39, 0.29) is 23.0 Å². The minimum Gasteiger partial charge on any atom is -0.406 e. The van der Waals surface area contributed by atoms with Crippen LogP contribution in [0.2, 0.25) is 0 Å². The zero-order valence-electron chi connectivity index (χ0n) is 14.7. The number of carbonyl (C=O) groups excluding carboxylic acids is 1. The predicted octanol–water partition coefficient (Wildman–Crippen LogP) is 3.42. The minimum absolute atomic E-state index is 0.00360. The summed E-state index contributed by atoms with van der Waals surface area (Å²) in [6, 6.07) is 5.04. The van der Waals surface area contributed by atoms with Crippen molar-refractivity contribution in [2.24, 2.45) is 5.41 Å². The fraction of sp³-hybridized carbons (Fsp3) is 0.500. The van der Waals surface area contributed by atoms with Gasteiger partial charge in [0.15, 0.2) is 5.82 Å². The van der Waals surface area contributed by atoms with Gasteiger partial charge in [0, 0.05) is 24.6 Å². The summed E-state index contributed by atoms with van der Waals surface area (Å²) < 4.78 is 40.7. The highest BCUT2D eigenvalue weighted by molar-refractivity contribution is 5.94. The smallest absolute Gasteiger partial charge is 0.406 e. The number of rotatable bonds is 3. The molecular weight excluding hydrogens is 361 g/mol. The average molecular weight is 380 g/mol. The van der Waals surface area contributed by atoms with E-state index in [1.54, 1.807) is 4.90 Å². The summed E-state index contributed by atoms with van der Waals surface area (Å²) in [5.41, 5.74) is 0.342. The van der Waals surface area contributed by atoms with E-state index in [2.05, 4.69) is 19.9 Å². The molecule has 6 nitrogen and oxygen atoms in total. The summed E-state index contributed by atoms with van der Waals surface area (Å²) in [6.07, 6.45) is -1.59. The summed E-state index contributed by atoms with van der Waals surface area (Å²) in [5, 5.41) is 7.15. The number of carbonyl (C=O) groups is 1. The maximum Gasteiger partial charge on any atom is 0.573 e. The summed E-state index contributed by atoms with van der Waals surface area (Å²) in [6.45, 7) is 2.97. The Bertz CT molecular complexity index is 843. The van der Waals surface area contributed by atoms with Gasteiger partial charge in [0.2, 0.25) is 0 Å². The lowest BCUT2D eigenvalue weighted by atomic mass is 9.62. The maximum absolute atomic E-state index is 12.9. The van der Waals surface area contributed by atoms with Gasteiger partial charge in [-0.2, -0.15) is 5.10 Å². The predicted molar refractivity (Wildman–Crippen MR) is 89.2 cm³/mol. The molecule has 0 bridgehead atoms. The molecule has 2 aromatic rings. The highest BCUT2D eigenvalue weighted by Crippen LogP contribution is 2.55. The summed E-state index contributed by atoms with van der Waals surface area (Å²) in [4.78, 5) is 19.1. The quantitative estimate of drug-likeness (QED) is 0.886. The second kappa shape index (κ2) is 6.24. The number of H-pyrrole nitrogens is 1. The van der Waals surface area contributed by atoms with Gasteiger partial charge in [-0.15, -0.1) is 13.2 Å². The minimum atomic E-state index is -4.75. The van der Waals surface area contributed by atoms with Crippen molar-refractivity contribution in [3.05, 3.63) is 41.5 Å². The number of aromatic amines is 1. The van der Waals surface area contributed by atoms with Crippen LogP contribution in [0.4, 0.5) is 13.2 Å². The van der Waals surface area contributed by atoms with Gasteiger partial charge in [0.1, 0.15) is 11.6 Å². The van der Waals surface area contributed by atoms with Crippen LogP contribution in [0, 0.1) is 12.3 Å². The van der Waals surface area contributed by atoms with Crippen LogP contribution in [0.3, 0.4) is 0 Å². The Morgan fingerprint density at radius 1 is 1.30 bits per heavy atom. The molecule has 144 valence electrons. The lowest BCUT2D eigenvalue weighted by Crippen LogP contribution is -2.38. The van der Waals surface area contributed by atoms with Gasteiger partial charge in [0.05, 0.1) is 0 Å². The lowest BCUT2D eigenvalue weighted by Gasteiger charge is -2.41. The van der Waals surface area contributed by atoms with Gasteiger partial charge in [-0.25, -0.2) is 4.98 Å². The van der Waals surface area contributed by atoms with Crippen molar-refractivity contribution < 1.29 is 22.7 Å². The number of nitrogens with zero attached hydrogens (tertiary/aromatic N) is 3. The zero-order valence-corrected chi connectivity index (χ0v) is 14.7. The number of alkyl halides is 3. The normalized spacial score (nSPS) is 21.3. The van der Waals surface area contributed by atoms with E-state index < -0.39 is 6.36 Å². The van der Waals surface area contributed by atoms with Gasteiger partial charge in [0.25, 0.3) is 5.91 Å². The average Bonchev–Trinajstić information content (AvgIpc) is 3.16. The zero-order chi connectivity index (χ0) is 19.2. The van der Waals surface area contributed by atoms with Crippen molar-refractivity contribution in [3.63, 3.8) is 0 Å². The van der Waals surface area contributed by atoms with E-state index in [9.17, 15) is 18.0 Å². The number of aryl methyl sites for hydroxylation is 1. The first-order chi connectivity index (χ1) is 12.8. The van der Waals surface area contributed by atoms with E-state index in [1.807, 2.05) is 6.92 Å². The Kier molecular flexibility index (Phi) is 4.12. The van der Waals surface area contributed by atoms with Crippen LogP contribution in [0.15, 0.2) is 24.3 Å². The summed E-state index contributed by atoms with van der Waals surface area (Å²) in [7, 11) is 0. The molecule has 9 heteroatoms. The van der Waals surface area contributed by atoms with Crippen molar-refractivity contribution in [1.82, 2.24) is 20.1 Å². The van der Waals surface area contributed by atoms with Gasteiger partial charge in [-0.1, -0.05) is 6.42 Å². The van der Waals surface area contributed by atoms with Gasteiger partial charge < -0.3 is 9.64 Å². The molecule has 1 aromatic heterocycles. The number of halogens is 3. The van der Waals surface area contributed by atoms with Crippen LogP contribution >= 0.6 is 0 Å². The van der Waals surface area contributed by atoms with E-state index in [4.69, 9.17) is 0 Å². The number of benzene rings is 1. The largest absolute Gasteiger partial charge is 0.573 e. The van der Waals surface area contributed by atoms with Crippen molar-refractivity contribution >= 4 is 5.91 Å². The van der Waals surface area contributed by atoms with Crippen LogP contribution in [-0.2, 0) is 0 Å². The van der Waals surface area contributed by atoms with Gasteiger partial charge in [-0.05, 0) is 49.4 Å². The summed E-state index contributed by atoms with van der Waals surface area (Å²) >= 11 is 0. The van der Waals surface area contributed by atoms with E-state index in [0.717, 1.165) is 43.0 Å². The van der Waals surface area contributed by atoms with Crippen molar-refractivity contribution in [3.8, 4) is 5.75 Å². The first-order valence-corrected chi connectivity index (χ1v) is 8.80. The van der Waals surface area contributed by atoms with Gasteiger partial charge >= 0.3 is 6.36 Å². The molecule has 2 fully saturated rings. The molecule has 1 spiro atoms.